The standard InChI is InChI=1S/C8H6FO2/c1-11-8-3-2-6(5-10)4-7(8)9/h2-4H,1H3. The Kier molecular flexibility index (Phi) is 2.21. The fraction of sp³-hybridized carbons (Fsp3) is 0.125. The first-order chi connectivity index (χ1) is 5.27. The topological polar surface area (TPSA) is 26.3 Å². The Hall–Kier alpha value is -1.38. The number of rotatable bonds is 2. The molecule has 2 nitrogen and oxygen atoms in total. The molecule has 0 unspecified atom stereocenters. The summed E-state index contributed by atoms with van der Waals surface area (Å²) < 4.78 is 17.4. The molecule has 0 aromatic heterocycles. The van der Waals surface area contributed by atoms with Crippen LogP contribution in [0.15, 0.2) is 18.2 Å². The first-order valence-electron chi connectivity index (χ1n) is 2.99. The third kappa shape index (κ3) is 1.55. The highest BCUT2D eigenvalue weighted by atomic mass is 19.1. The second kappa shape index (κ2) is 3.14. The fourth-order valence-corrected chi connectivity index (χ4v) is 0.730. The lowest BCUT2D eigenvalue weighted by atomic mass is 10.2. The normalized spacial score (nSPS) is 9.27. The lowest BCUT2D eigenvalue weighted by Crippen LogP contribution is -1.89. The van der Waals surface area contributed by atoms with Crippen molar-refractivity contribution < 1.29 is 13.9 Å². The summed E-state index contributed by atoms with van der Waals surface area (Å²) in [6, 6.07) is 3.90. The zero-order chi connectivity index (χ0) is 8.27. The van der Waals surface area contributed by atoms with Gasteiger partial charge in [-0.25, -0.2) is 4.39 Å². The van der Waals surface area contributed by atoms with Crippen LogP contribution in [0.2, 0.25) is 0 Å². The maximum Gasteiger partial charge on any atom is 0.233 e. The molecule has 1 aromatic rings. The molecular formula is C8H6FO2. The molecule has 0 N–H and O–H groups in total. The number of halogens is 1. The monoisotopic (exact) mass is 153 g/mol. The minimum Gasteiger partial charge on any atom is -0.494 e. The van der Waals surface area contributed by atoms with E-state index in [0.717, 1.165) is 6.07 Å². The van der Waals surface area contributed by atoms with Crippen LogP contribution in [0.1, 0.15) is 5.56 Å². The molecule has 1 aromatic carbocycles. The van der Waals surface area contributed by atoms with Crippen molar-refractivity contribution in [1.82, 2.24) is 0 Å². The van der Waals surface area contributed by atoms with Gasteiger partial charge in [-0.3, -0.25) is 4.79 Å². The van der Waals surface area contributed by atoms with Crippen molar-refractivity contribution in [3.8, 4) is 5.75 Å². The number of carbonyl (C=O) groups excluding carboxylic acids is 1. The summed E-state index contributed by atoms with van der Waals surface area (Å²) in [6.45, 7) is 0. The van der Waals surface area contributed by atoms with E-state index in [2.05, 4.69) is 4.74 Å². The summed E-state index contributed by atoms with van der Waals surface area (Å²) in [6.07, 6.45) is 1.57. The average Bonchev–Trinajstić information content (AvgIpc) is 2.04. The lowest BCUT2D eigenvalue weighted by Gasteiger charge is -1.99. The van der Waals surface area contributed by atoms with Gasteiger partial charge in [0.1, 0.15) is 0 Å². The molecule has 0 heterocycles. The summed E-state index contributed by atoms with van der Waals surface area (Å²) in [4.78, 5) is 10.0. The van der Waals surface area contributed by atoms with Gasteiger partial charge in [-0.05, 0) is 18.2 Å². The molecule has 0 atom stereocenters. The predicted octanol–water partition coefficient (Wildman–Crippen LogP) is 1.29. The molecule has 0 spiro atoms. The first kappa shape index (κ1) is 7.72. The molecule has 0 aliphatic rings. The van der Waals surface area contributed by atoms with E-state index >= 15 is 0 Å². The van der Waals surface area contributed by atoms with E-state index in [1.165, 1.54) is 19.2 Å². The quantitative estimate of drug-likeness (QED) is 0.640. The van der Waals surface area contributed by atoms with Gasteiger partial charge >= 0.3 is 0 Å². The highest BCUT2D eigenvalue weighted by molar-refractivity contribution is 5.75. The van der Waals surface area contributed by atoms with Gasteiger partial charge in [0.05, 0.1) is 7.11 Å². The molecule has 1 radical (unpaired) electrons. The minimum atomic E-state index is -0.548. The Balaban J connectivity index is 3.09. The number of benzene rings is 1. The van der Waals surface area contributed by atoms with E-state index in [0.29, 0.717) is 0 Å². The number of hydrogen-bond acceptors (Lipinski definition) is 2. The van der Waals surface area contributed by atoms with Crippen LogP contribution in [-0.4, -0.2) is 13.4 Å². The van der Waals surface area contributed by atoms with Crippen molar-refractivity contribution in [3.63, 3.8) is 0 Å². The summed E-state index contributed by atoms with van der Waals surface area (Å²) in [7, 11) is 1.36. The van der Waals surface area contributed by atoms with Gasteiger partial charge in [-0.15, -0.1) is 0 Å². The molecule has 3 heteroatoms. The summed E-state index contributed by atoms with van der Waals surface area (Å²) in [5.74, 6) is -0.419. The zero-order valence-electron chi connectivity index (χ0n) is 5.93. The molecular weight excluding hydrogens is 147 g/mol. The van der Waals surface area contributed by atoms with Crippen LogP contribution in [0.4, 0.5) is 4.39 Å². The van der Waals surface area contributed by atoms with Crippen LogP contribution >= 0.6 is 0 Å². The second-order valence-electron chi connectivity index (χ2n) is 1.95. The van der Waals surface area contributed by atoms with E-state index in [1.54, 1.807) is 6.29 Å². The molecule has 0 aliphatic heterocycles. The second-order valence-corrected chi connectivity index (χ2v) is 1.95. The molecule has 1 rings (SSSR count). The van der Waals surface area contributed by atoms with Crippen LogP contribution in [0, 0.1) is 5.82 Å². The van der Waals surface area contributed by atoms with Crippen LogP contribution in [0.5, 0.6) is 5.75 Å². The number of methoxy groups -OCH3 is 1. The van der Waals surface area contributed by atoms with Gasteiger partial charge in [0.25, 0.3) is 0 Å². The van der Waals surface area contributed by atoms with Gasteiger partial charge in [0, 0.05) is 5.56 Å². The Labute approximate surface area is 63.6 Å². The van der Waals surface area contributed by atoms with E-state index in [1.807, 2.05) is 0 Å². The van der Waals surface area contributed by atoms with Crippen LogP contribution in [0.3, 0.4) is 0 Å². The van der Waals surface area contributed by atoms with Crippen molar-refractivity contribution in [2.45, 2.75) is 0 Å². The van der Waals surface area contributed by atoms with Gasteiger partial charge < -0.3 is 4.74 Å². The van der Waals surface area contributed by atoms with E-state index in [4.69, 9.17) is 0 Å². The Morgan fingerprint density at radius 1 is 1.55 bits per heavy atom. The molecule has 0 amide bonds. The maximum absolute atomic E-state index is 12.7. The zero-order valence-corrected chi connectivity index (χ0v) is 5.93. The van der Waals surface area contributed by atoms with Gasteiger partial charge in [-0.1, -0.05) is 0 Å². The maximum atomic E-state index is 12.7. The Morgan fingerprint density at radius 3 is 2.73 bits per heavy atom. The van der Waals surface area contributed by atoms with Crippen LogP contribution in [0.25, 0.3) is 0 Å². The Bertz CT molecular complexity index is 271. The van der Waals surface area contributed by atoms with Crippen molar-refractivity contribution in [1.29, 1.82) is 0 Å². The minimum absolute atomic E-state index is 0.129. The van der Waals surface area contributed by atoms with Crippen molar-refractivity contribution in [2.24, 2.45) is 0 Å². The fourth-order valence-electron chi connectivity index (χ4n) is 0.730. The van der Waals surface area contributed by atoms with E-state index < -0.39 is 5.82 Å². The van der Waals surface area contributed by atoms with Crippen LogP contribution < -0.4 is 4.74 Å². The van der Waals surface area contributed by atoms with Crippen molar-refractivity contribution >= 4 is 6.29 Å². The number of ether oxygens (including phenoxy) is 1. The van der Waals surface area contributed by atoms with Gasteiger partial charge in [0.15, 0.2) is 11.6 Å². The first-order valence-corrected chi connectivity index (χ1v) is 2.99. The lowest BCUT2D eigenvalue weighted by molar-refractivity contribution is 0.386. The SMILES string of the molecule is COc1ccc([C]=O)cc1F. The summed E-state index contributed by atoms with van der Waals surface area (Å²) >= 11 is 0. The molecule has 57 valence electrons. The average molecular weight is 153 g/mol. The smallest absolute Gasteiger partial charge is 0.233 e. The highest BCUT2D eigenvalue weighted by Crippen LogP contribution is 2.16. The van der Waals surface area contributed by atoms with Gasteiger partial charge in [-0.2, -0.15) is 0 Å². The van der Waals surface area contributed by atoms with Crippen molar-refractivity contribution in [3.05, 3.63) is 29.6 Å². The molecule has 0 saturated heterocycles. The third-order valence-corrected chi connectivity index (χ3v) is 1.27. The Morgan fingerprint density at radius 2 is 2.27 bits per heavy atom. The molecule has 11 heavy (non-hydrogen) atoms. The van der Waals surface area contributed by atoms with E-state index in [9.17, 15) is 9.18 Å². The predicted molar refractivity (Wildman–Crippen MR) is 37.7 cm³/mol. The van der Waals surface area contributed by atoms with Crippen LogP contribution in [-0.2, 0) is 4.79 Å². The number of hydrogen-bond donors (Lipinski definition) is 0. The van der Waals surface area contributed by atoms with Gasteiger partial charge in [0.2, 0.25) is 6.29 Å². The molecule has 0 saturated carbocycles. The third-order valence-electron chi connectivity index (χ3n) is 1.27. The summed E-state index contributed by atoms with van der Waals surface area (Å²) in [5.41, 5.74) is 0.184. The molecule has 0 bridgehead atoms. The van der Waals surface area contributed by atoms with E-state index in [-0.39, 0.29) is 11.3 Å². The highest BCUT2D eigenvalue weighted by Gasteiger charge is 2.01. The van der Waals surface area contributed by atoms with Crippen molar-refractivity contribution in [2.75, 3.05) is 7.11 Å². The largest absolute Gasteiger partial charge is 0.494 e. The molecule has 0 fully saturated rings. The summed E-state index contributed by atoms with van der Waals surface area (Å²) in [5, 5.41) is 0. The molecule has 0 aliphatic carbocycles.